The monoisotopic (exact) mass is 403 g/mol. The number of morpholine rings is 1. The molecule has 1 aliphatic heterocycles. The number of nitrogens with zero attached hydrogens (tertiary/aromatic N) is 2. The molecule has 0 spiro atoms. The fraction of sp³-hybridized carbons (Fsp3) is 0.522. The lowest BCUT2D eigenvalue weighted by Crippen LogP contribution is -2.47. The molecule has 3 rings (SSSR count). The van der Waals surface area contributed by atoms with E-state index in [9.17, 15) is 0 Å². The number of rotatable bonds is 6. The minimum absolute atomic E-state index is 0.134. The lowest BCUT2D eigenvalue weighted by molar-refractivity contribution is -0.897. The molecule has 0 saturated carbocycles. The Labute approximate surface area is 174 Å². The van der Waals surface area contributed by atoms with Gasteiger partial charge in [-0.1, -0.05) is 51.1 Å². The van der Waals surface area contributed by atoms with Gasteiger partial charge in [-0.15, -0.1) is 5.01 Å². The van der Waals surface area contributed by atoms with Crippen LogP contribution in [0.3, 0.4) is 0 Å². The average molecular weight is 404 g/mol. The zero-order valence-electron chi connectivity index (χ0n) is 17.3. The Morgan fingerprint density at radius 1 is 1.21 bits per heavy atom. The van der Waals surface area contributed by atoms with Gasteiger partial charge in [0.25, 0.3) is 5.71 Å². The number of hydrogen-bond acceptors (Lipinski definition) is 3. The van der Waals surface area contributed by atoms with E-state index in [0.29, 0.717) is 6.61 Å². The van der Waals surface area contributed by atoms with Crippen molar-refractivity contribution in [2.45, 2.75) is 40.0 Å². The fourth-order valence-corrected chi connectivity index (χ4v) is 3.91. The van der Waals surface area contributed by atoms with Crippen molar-refractivity contribution in [2.75, 3.05) is 32.9 Å². The Balaban J connectivity index is 1.98. The molecule has 1 saturated heterocycles. The zero-order valence-corrected chi connectivity index (χ0v) is 18.1. The van der Waals surface area contributed by atoms with Gasteiger partial charge in [0.15, 0.2) is 6.61 Å². The first-order valence-electron chi connectivity index (χ1n) is 10.2. The summed E-state index contributed by atoms with van der Waals surface area (Å²) in [4.78, 5) is 8.22. The van der Waals surface area contributed by atoms with E-state index in [1.165, 1.54) is 11.3 Å². The second kappa shape index (κ2) is 9.15. The van der Waals surface area contributed by atoms with Crippen LogP contribution in [0.25, 0.3) is 5.57 Å². The van der Waals surface area contributed by atoms with Gasteiger partial charge in [0.1, 0.15) is 13.1 Å². The highest BCUT2D eigenvalue weighted by Gasteiger charge is 2.36. The van der Waals surface area contributed by atoms with E-state index >= 15 is 0 Å². The highest BCUT2D eigenvalue weighted by atomic mass is 35.5. The molecule has 0 radical (unpaired) electrons. The summed E-state index contributed by atoms with van der Waals surface area (Å²) < 4.78 is 5.54. The van der Waals surface area contributed by atoms with Crippen LogP contribution < -0.4 is 0 Å². The van der Waals surface area contributed by atoms with E-state index in [1.54, 1.807) is 0 Å². The molecule has 0 aromatic heterocycles. The number of hydrazone groups is 1. The normalized spacial score (nSPS) is 21.1. The summed E-state index contributed by atoms with van der Waals surface area (Å²) in [5.74, 6) is 0. The summed E-state index contributed by atoms with van der Waals surface area (Å²) >= 11 is 6.06. The first kappa shape index (κ1) is 20.9. The largest absolute Gasteiger partial charge is 0.377 e. The number of hydrogen-bond donors (Lipinski definition) is 0. The molecule has 1 aliphatic carbocycles. The predicted molar refractivity (Wildman–Crippen MR) is 115 cm³/mol. The maximum atomic E-state index is 6.19. The highest BCUT2D eigenvalue weighted by Crippen LogP contribution is 2.39. The lowest BCUT2D eigenvalue weighted by Gasteiger charge is -2.31. The van der Waals surface area contributed by atoms with Crippen molar-refractivity contribution in [1.29, 1.82) is 0 Å². The van der Waals surface area contributed by atoms with E-state index in [0.717, 1.165) is 61.7 Å². The molecular formula is C23H32ClN2O2+. The molecule has 1 aromatic rings. The topological polar surface area (TPSA) is 24.7 Å². The van der Waals surface area contributed by atoms with Crippen molar-refractivity contribution in [3.8, 4) is 0 Å². The van der Waals surface area contributed by atoms with Gasteiger partial charge < -0.3 is 4.74 Å². The van der Waals surface area contributed by atoms with Crippen molar-refractivity contribution in [3.63, 3.8) is 0 Å². The van der Waals surface area contributed by atoms with Crippen LogP contribution in [0.15, 0.2) is 42.5 Å². The minimum atomic E-state index is 0.134. The third-order valence-corrected chi connectivity index (χ3v) is 5.41. The summed E-state index contributed by atoms with van der Waals surface area (Å²) in [6.07, 6.45) is 5.20. The van der Waals surface area contributed by atoms with Crippen molar-refractivity contribution in [3.05, 3.63) is 53.1 Å². The highest BCUT2D eigenvalue weighted by molar-refractivity contribution is 6.30. The average Bonchev–Trinajstić information content (AvgIpc) is 2.68. The number of benzene rings is 1. The standard InChI is InChI=1S/C23H32ClN2O2/c1-5-12-28-26(25-10-13-27-14-11-25)22-15-20(16-23(3,4)17-22)18(2)19-6-8-21(24)9-7-19/h6-9,15H,2,5,10-14,16-17H2,1,3-4H3/q+1. The summed E-state index contributed by atoms with van der Waals surface area (Å²) in [6, 6.07) is 7.93. The summed E-state index contributed by atoms with van der Waals surface area (Å²) in [5, 5.41) is 3.00. The van der Waals surface area contributed by atoms with Crippen molar-refractivity contribution in [2.24, 2.45) is 5.41 Å². The van der Waals surface area contributed by atoms with Crippen LogP contribution in [0, 0.1) is 5.41 Å². The van der Waals surface area contributed by atoms with E-state index < -0.39 is 0 Å². The van der Waals surface area contributed by atoms with Gasteiger partial charge in [0.2, 0.25) is 0 Å². The lowest BCUT2D eigenvalue weighted by atomic mass is 9.74. The number of halogens is 1. The predicted octanol–water partition coefficient (Wildman–Crippen LogP) is 5.14. The van der Waals surface area contributed by atoms with Crippen LogP contribution in [0.2, 0.25) is 5.02 Å². The molecule has 2 aliphatic rings. The summed E-state index contributed by atoms with van der Waals surface area (Å²) in [6.45, 7) is 15.0. The summed E-state index contributed by atoms with van der Waals surface area (Å²) in [5.41, 5.74) is 4.75. The quantitative estimate of drug-likeness (QED) is 0.485. The Morgan fingerprint density at radius 2 is 1.89 bits per heavy atom. The molecule has 0 atom stereocenters. The number of hydrazine groups is 1. The van der Waals surface area contributed by atoms with Crippen LogP contribution in [0.5, 0.6) is 0 Å². The second-order valence-corrected chi connectivity index (χ2v) is 8.77. The van der Waals surface area contributed by atoms with E-state index in [-0.39, 0.29) is 5.41 Å². The molecule has 0 N–H and O–H groups in total. The van der Waals surface area contributed by atoms with Crippen molar-refractivity contribution >= 4 is 22.9 Å². The molecule has 4 nitrogen and oxygen atoms in total. The third kappa shape index (κ3) is 5.18. The van der Waals surface area contributed by atoms with Gasteiger partial charge >= 0.3 is 0 Å². The zero-order chi connectivity index (χ0) is 20.1. The van der Waals surface area contributed by atoms with Gasteiger partial charge in [-0.2, -0.15) is 0 Å². The maximum Gasteiger partial charge on any atom is 0.264 e. The SMILES string of the molecule is C=C(C1=CC(=[N+](OCCC)N2CCOCC2)CC(C)(C)C1)c1ccc(Cl)cc1. The van der Waals surface area contributed by atoms with Gasteiger partial charge in [0, 0.05) is 17.5 Å². The van der Waals surface area contributed by atoms with Gasteiger partial charge in [-0.3, -0.25) is 0 Å². The molecule has 0 bridgehead atoms. The first-order valence-corrected chi connectivity index (χ1v) is 10.5. The molecule has 5 heteroatoms. The molecule has 0 unspecified atom stereocenters. The van der Waals surface area contributed by atoms with Crippen LogP contribution >= 0.6 is 11.6 Å². The minimum Gasteiger partial charge on any atom is -0.377 e. The van der Waals surface area contributed by atoms with Crippen LogP contribution in [0.4, 0.5) is 0 Å². The molecular weight excluding hydrogens is 372 g/mol. The Hall–Kier alpha value is -1.78. The molecule has 1 fully saturated rings. The Kier molecular flexibility index (Phi) is 6.84. The Morgan fingerprint density at radius 3 is 2.54 bits per heavy atom. The van der Waals surface area contributed by atoms with Crippen LogP contribution in [-0.4, -0.2) is 48.5 Å². The summed E-state index contributed by atoms with van der Waals surface area (Å²) in [7, 11) is 0. The number of ether oxygens (including phenoxy) is 1. The molecule has 1 heterocycles. The molecule has 28 heavy (non-hydrogen) atoms. The van der Waals surface area contributed by atoms with Crippen molar-refractivity contribution < 1.29 is 14.4 Å². The molecule has 1 aromatic carbocycles. The third-order valence-electron chi connectivity index (χ3n) is 5.16. The van der Waals surface area contributed by atoms with E-state index in [2.05, 4.69) is 38.4 Å². The fourth-order valence-electron chi connectivity index (χ4n) is 3.78. The first-order chi connectivity index (χ1) is 13.4. The molecule has 0 amide bonds. The van der Waals surface area contributed by atoms with Crippen LogP contribution in [-0.2, 0) is 9.57 Å². The smallest absolute Gasteiger partial charge is 0.264 e. The maximum absolute atomic E-state index is 6.19. The van der Waals surface area contributed by atoms with Gasteiger partial charge in [0.05, 0.1) is 18.1 Å². The Bertz CT molecular complexity index is 759. The van der Waals surface area contributed by atoms with Crippen LogP contribution in [0.1, 0.15) is 45.6 Å². The van der Waals surface area contributed by atoms with Crippen molar-refractivity contribution in [1.82, 2.24) is 5.01 Å². The van der Waals surface area contributed by atoms with E-state index in [4.69, 9.17) is 21.2 Å². The molecule has 152 valence electrons. The second-order valence-electron chi connectivity index (χ2n) is 8.34. The van der Waals surface area contributed by atoms with Gasteiger partial charge in [-0.05, 0) is 47.1 Å². The van der Waals surface area contributed by atoms with Gasteiger partial charge in [-0.25, -0.2) is 4.84 Å². The number of allylic oxidation sites excluding steroid dienone is 3. The van der Waals surface area contributed by atoms with E-state index in [1.807, 2.05) is 29.1 Å².